The summed E-state index contributed by atoms with van der Waals surface area (Å²) in [5.41, 5.74) is -2.58. The van der Waals surface area contributed by atoms with Gasteiger partial charge in [0.2, 0.25) is 0 Å². The van der Waals surface area contributed by atoms with Crippen LogP contribution in [0.1, 0.15) is 27.3 Å². The Balaban J connectivity index is 2.09. The summed E-state index contributed by atoms with van der Waals surface area (Å²) in [6, 6.07) is 7.46. The molecule has 0 spiro atoms. The topological polar surface area (TPSA) is 145 Å². The Morgan fingerprint density at radius 2 is 1.64 bits per heavy atom. The van der Waals surface area contributed by atoms with E-state index in [4.69, 9.17) is 4.74 Å². The number of anilines is 1. The third-order valence-electron chi connectivity index (χ3n) is 4.80. The quantitative estimate of drug-likeness (QED) is 0.494. The number of halogens is 3. The van der Waals surface area contributed by atoms with Crippen LogP contribution < -0.4 is 10.1 Å². The molecule has 10 nitrogen and oxygen atoms in total. The number of pyridine rings is 1. The molecule has 1 aromatic carbocycles. The number of benzene rings is 1. The standard InChI is InChI=1S/C21H19F3N4O6S2/c1-11-17(19(29)26-13-6-5-7-14(10-13)35(3,30)31)20(28-27-18(11)21(22,23)24)34-15-8-9-16(25-12(15)2)36(4,32)33/h5-10H,1-4H3,(H,26,29). The Hall–Kier alpha value is -3.59. The smallest absolute Gasteiger partial charge is 0.435 e. The molecule has 0 bridgehead atoms. The Labute approximate surface area is 204 Å². The monoisotopic (exact) mass is 544 g/mol. The first kappa shape index (κ1) is 27.0. The number of rotatable bonds is 6. The molecule has 2 aromatic heterocycles. The average Bonchev–Trinajstić information content (AvgIpc) is 2.73. The number of hydrogen-bond acceptors (Lipinski definition) is 9. The van der Waals surface area contributed by atoms with E-state index >= 15 is 0 Å². The average molecular weight is 545 g/mol. The summed E-state index contributed by atoms with van der Waals surface area (Å²) in [7, 11) is -7.27. The van der Waals surface area contributed by atoms with E-state index in [9.17, 15) is 34.8 Å². The lowest BCUT2D eigenvalue weighted by molar-refractivity contribution is -0.142. The Kier molecular flexibility index (Phi) is 7.10. The van der Waals surface area contributed by atoms with Crippen molar-refractivity contribution < 1.29 is 39.5 Å². The van der Waals surface area contributed by atoms with E-state index in [0.29, 0.717) is 0 Å². The highest BCUT2D eigenvalue weighted by molar-refractivity contribution is 7.91. The van der Waals surface area contributed by atoms with Crippen LogP contribution in [0.3, 0.4) is 0 Å². The van der Waals surface area contributed by atoms with E-state index in [1.54, 1.807) is 0 Å². The number of carbonyl (C=O) groups excluding carboxylic acids is 1. The molecule has 0 fully saturated rings. The molecule has 0 radical (unpaired) electrons. The first-order valence-corrected chi connectivity index (χ1v) is 13.7. The number of aryl methyl sites for hydroxylation is 1. The molecule has 1 amide bonds. The molecule has 0 aliphatic heterocycles. The van der Waals surface area contributed by atoms with Gasteiger partial charge in [-0.05, 0) is 49.7 Å². The van der Waals surface area contributed by atoms with E-state index in [1.165, 1.54) is 31.2 Å². The summed E-state index contributed by atoms with van der Waals surface area (Å²) < 4.78 is 93.0. The third kappa shape index (κ3) is 5.96. The van der Waals surface area contributed by atoms with Crippen LogP contribution in [0.25, 0.3) is 0 Å². The van der Waals surface area contributed by atoms with Crippen molar-refractivity contribution >= 4 is 31.3 Å². The van der Waals surface area contributed by atoms with Crippen LogP contribution in [0, 0.1) is 13.8 Å². The van der Waals surface area contributed by atoms with Crippen molar-refractivity contribution in [2.24, 2.45) is 0 Å². The van der Waals surface area contributed by atoms with Crippen molar-refractivity contribution in [3.8, 4) is 11.6 Å². The summed E-state index contributed by atoms with van der Waals surface area (Å²) in [5, 5.41) is 8.68. The minimum atomic E-state index is -4.94. The van der Waals surface area contributed by atoms with Crippen LogP contribution >= 0.6 is 0 Å². The summed E-state index contributed by atoms with van der Waals surface area (Å²) in [4.78, 5) is 16.9. The van der Waals surface area contributed by atoms with E-state index < -0.39 is 54.5 Å². The predicted octanol–water partition coefficient (Wildman–Crippen LogP) is 3.36. The number of sulfone groups is 2. The molecule has 0 atom stereocenters. The number of nitrogens with zero attached hydrogens (tertiary/aromatic N) is 3. The number of aromatic nitrogens is 3. The number of carbonyl (C=O) groups is 1. The fourth-order valence-corrected chi connectivity index (χ4v) is 4.33. The molecule has 3 rings (SSSR count). The van der Waals surface area contributed by atoms with Gasteiger partial charge in [-0.15, -0.1) is 10.2 Å². The number of alkyl halides is 3. The minimum Gasteiger partial charge on any atom is -0.435 e. The van der Waals surface area contributed by atoms with E-state index in [1.807, 2.05) is 0 Å². The molecule has 192 valence electrons. The van der Waals surface area contributed by atoms with Crippen molar-refractivity contribution in [1.29, 1.82) is 0 Å². The number of nitrogens with one attached hydrogen (secondary N) is 1. The maximum Gasteiger partial charge on any atom is 0.435 e. The predicted molar refractivity (Wildman–Crippen MR) is 121 cm³/mol. The second-order valence-electron chi connectivity index (χ2n) is 7.71. The lowest BCUT2D eigenvalue weighted by Gasteiger charge is -2.16. The maximum absolute atomic E-state index is 13.5. The zero-order valence-electron chi connectivity index (χ0n) is 19.2. The molecule has 0 aliphatic rings. The first-order valence-electron chi connectivity index (χ1n) is 9.90. The van der Waals surface area contributed by atoms with Crippen molar-refractivity contribution in [3.63, 3.8) is 0 Å². The number of hydrogen-bond donors (Lipinski definition) is 1. The van der Waals surface area contributed by atoms with Crippen molar-refractivity contribution in [3.05, 3.63) is 58.9 Å². The zero-order chi connectivity index (χ0) is 27.1. The molecular weight excluding hydrogens is 525 g/mol. The van der Waals surface area contributed by atoms with Crippen LogP contribution in [0.4, 0.5) is 18.9 Å². The molecule has 2 heterocycles. The molecular formula is C21H19F3N4O6S2. The summed E-state index contributed by atoms with van der Waals surface area (Å²) >= 11 is 0. The Bertz CT molecular complexity index is 1570. The molecule has 15 heteroatoms. The molecule has 0 unspecified atom stereocenters. The van der Waals surface area contributed by atoms with Crippen LogP contribution in [0.2, 0.25) is 0 Å². The highest BCUT2D eigenvalue weighted by atomic mass is 32.2. The second kappa shape index (κ2) is 9.46. The van der Waals surface area contributed by atoms with Crippen molar-refractivity contribution in [1.82, 2.24) is 15.2 Å². The molecule has 3 aromatic rings. The van der Waals surface area contributed by atoms with Gasteiger partial charge in [-0.25, -0.2) is 21.8 Å². The number of ether oxygens (including phenoxy) is 1. The molecule has 1 N–H and O–H groups in total. The minimum absolute atomic E-state index is 0.00556. The second-order valence-corrected chi connectivity index (χ2v) is 11.7. The van der Waals surface area contributed by atoms with Crippen LogP contribution in [0.5, 0.6) is 11.6 Å². The SMILES string of the molecule is Cc1nc(S(C)(=O)=O)ccc1Oc1nnc(C(F)(F)F)c(C)c1C(=O)Nc1cccc(S(C)(=O)=O)c1. The Morgan fingerprint density at radius 1 is 0.972 bits per heavy atom. The highest BCUT2D eigenvalue weighted by Crippen LogP contribution is 2.35. The van der Waals surface area contributed by atoms with E-state index in [-0.39, 0.29) is 27.1 Å². The lowest BCUT2D eigenvalue weighted by atomic mass is 10.1. The maximum atomic E-state index is 13.5. The third-order valence-corrected chi connectivity index (χ3v) is 6.90. The molecule has 0 saturated carbocycles. The molecule has 0 saturated heterocycles. The van der Waals surface area contributed by atoms with Gasteiger partial charge < -0.3 is 10.1 Å². The van der Waals surface area contributed by atoms with Crippen molar-refractivity contribution in [2.75, 3.05) is 17.8 Å². The van der Waals surface area contributed by atoms with Crippen LogP contribution in [-0.4, -0.2) is 50.4 Å². The lowest BCUT2D eigenvalue weighted by Crippen LogP contribution is -2.21. The summed E-state index contributed by atoms with van der Waals surface area (Å²) in [6.45, 7) is 2.40. The molecule has 0 aliphatic carbocycles. The molecule has 36 heavy (non-hydrogen) atoms. The van der Waals surface area contributed by atoms with Gasteiger partial charge in [-0.1, -0.05) is 6.07 Å². The van der Waals surface area contributed by atoms with Gasteiger partial charge >= 0.3 is 6.18 Å². The fourth-order valence-electron chi connectivity index (χ4n) is 3.05. The summed E-state index contributed by atoms with van der Waals surface area (Å²) in [6.07, 6.45) is -3.03. The van der Waals surface area contributed by atoms with Gasteiger partial charge in [0.25, 0.3) is 11.8 Å². The largest absolute Gasteiger partial charge is 0.435 e. The van der Waals surface area contributed by atoms with E-state index in [2.05, 4.69) is 20.5 Å². The van der Waals surface area contributed by atoms with Crippen LogP contribution in [-0.2, 0) is 25.9 Å². The fraction of sp³-hybridized carbons (Fsp3) is 0.238. The van der Waals surface area contributed by atoms with E-state index in [0.717, 1.165) is 31.6 Å². The number of amides is 1. The summed E-state index contributed by atoms with van der Waals surface area (Å²) in [5.74, 6) is -1.76. The normalized spacial score (nSPS) is 12.3. The Morgan fingerprint density at radius 3 is 2.19 bits per heavy atom. The van der Waals surface area contributed by atoms with Gasteiger partial charge in [0, 0.05) is 18.2 Å². The van der Waals surface area contributed by atoms with Gasteiger partial charge in [-0.3, -0.25) is 4.79 Å². The van der Waals surface area contributed by atoms with Gasteiger partial charge in [0.05, 0.1) is 10.6 Å². The highest BCUT2D eigenvalue weighted by Gasteiger charge is 2.38. The van der Waals surface area contributed by atoms with Gasteiger partial charge in [0.15, 0.2) is 36.1 Å². The van der Waals surface area contributed by atoms with Crippen LogP contribution in [0.15, 0.2) is 46.3 Å². The van der Waals surface area contributed by atoms with Gasteiger partial charge in [0.1, 0.15) is 5.56 Å². The van der Waals surface area contributed by atoms with Crippen molar-refractivity contribution in [2.45, 2.75) is 29.9 Å². The zero-order valence-corrected chi connectivity index (χ0v) is 20.8. The van der Waals surface area contributed by atoms with Gasteiger partial charge in [-0.2, -0.15) is 13.2 Å². The first-order chi connectivity index (χ1) is 16.5.